The molecule has 2 aromatic rings. The molecule has 1 aromatic heterocycles. The third-order valence-electron chi connectivity index (χ3n) is 2.21. The zero-order valence-corrected chi connectivity index (χ0v) is 9.27. The maximum atomic E-state index is 5.13. The normalized spacial score (nSPS) is 9.88. The summed E-state index contributed by atoms with van der Waals surface area (Å²) in [6.45, 7) is 0. The van der Waals surface area contributed by atoms with Crippen LogP contribution in [0.2, 0.25) is 0 Å². The van der Waals surface area contributed by atoms with E-state index in [0.29, 0.717) is 0 Å². The Morgan fingerprint density at radius 2 is 2.19 bits per heavy atom. The third kappa shape index (κ3) is 2.25. The minimum atomic E-state index is 0.753. The van der Waals surface area contributed by atoms with Crippen LogP contribution >= 0.6 is 0 Å². The molecule has 0 radical (unpaired) electrons. The van der Waals surface area contributed by atoms with Crippen molar-refractivity contribution in [1.29, 1.82) is 0 Å². The Balaban J connectivity index is 2.02. The second kappa shape index (κ2) is 4.57. The average Bonchev–Trinajstić information content (AvgIpc) is 2.72. The highest BCUT2D eigenvalue weighted by atomic mass is 16.5. The summed E-state index contributed by atoms with van der Waals surface area (Å²) < 4.78 is 7.01. The third-order valence-corrected chi connectivity index (χ3v) is 2.21. The highest BCUT2D eigenvalue weighted by molar-refractivity contribution is 5.51. The van der Waals surface area contributed by atoms with Gasteiger partial charge in [-0.1, -0.05) is 6.07 Å². The largest absolute Gasteiger partial charge is 0.497 e. The number of hydrogen-bond acceptors (Lipinski definition) is 4. The van der Waals surface area contributed by atoms with Crippen molar-refractivity contribution in [2.24, 2.45) is 7.05 Å². The molecule has 2 N–H and O–H groups in total. The van der Waals surface area contributed by atoms with Crippen molar-refractivity contribution >= 4 is 11.6 Å². The predicted octanol–water partition coefficient (Wildman–Crippen LogP) is 1.87. The number of hydrazine groups is 1. The molecule has 0 aliphatic rings. The lowest BCUT2D eigenvalue weighted by Crippen LogP contribution is -2.12. The number of rotatable bonds is 4. The van der Waals surface area contributed by atoms with E-state index in [0.717, 1.165) is 17.4 Å². The Kier molecular flexibility index (Phi) is 2.95. The molecule has 84 valence electrons. The van der Waals surface area contributed by atoms with Crippen LogP contribution in [0, 0.1) is 0 Å². The number of nitrogens with one attached hydrogen (secondary N) is 2. The molecule has 0 aliphatic carbocycles. The van der Waals surface area contributed by atoms with Crippen molar-refractivity contribution in [2.45, 2.75) is 0 Å². The van der Waals surface area contributed by atoms with Crippen LogP contribution in [0.3, 0.4) is 0 Å². The van der Waals surface area contributed by atoms with Crippen LogP contribution in [0.15, 0.2) is 36.7 Å². The SMILES string of the molecule is COc1cccc(NNc2nccn2C)c1. The van der Waals surface area contributed by atoms with Gasteiger partial charge in [0.15, 0.2) is 0 Å². The molecular weight excluding hydrogens is 204 g/mol. The summed E-state index contributed by atoms with van der Waals surface area (Å²) in [6.07, 6.45) is 3.60. The van der Waals surface area contributed by atoms with E-state index in [9.17, 15) is 0 Å². The summed E-state index contributed by atoms with van der Waals surface area (Å²) in [4.78, 5) is 4.13. The molecule has 0 bridgehead atoms. The van der Waals surface area contributed by atoms with E-state index < -0.39 is 0 Å². The number of methoxy groups -OCH3 is 1. The fourth-order valence-electron chi connectivity index (χ4n) is 1.31. The summed E-state index contributed by atoms with van der Waals surface area (Å²) in [7, 11) is 3.56. The lowest BCUT2D eigenvalue weighted by molar-refractivity contribution is 0.415. The first-order valence-corrected chi connectivity index (χ1v) is 4.93. The monoisotopic (exact) mass is 218 g/mol. The number of imidazole rings is 1. The molecular formula is C11H14N4O. The smallest absolute Gasteiger partial charge is 0.221 e. The van der Waals surface area contributed by atoms with Crippen LogP contribution in [-0.4, -0.2) is 16.7 Å². The van der Waals surface area contributed by atoms with Crippen molar-refractivity contribution in [3.63, 3.8) is 0 Å². The van der Waals surface area contributed by atoms with Gasteiger partial charge in [0, 0.05) is 25.5 Å². The first-order chi connectivity index (χ1) is 7.79. The molecule has 0 spiro atoms. The molecule has 0 fully saturated rings. The molecule has 0 aliphatic heterocycles. The van der Waals surface area contributed by atoms with Gasteiger partial charge in [0.05, 0.1) is 12.8 Å². The van der Waals surface area contributed by atoms with Crippen LogP contribution in [0.5, 0.6) is 5.75 Å². The van der Waals surface area contributed by atoms with Gasteiger partial charge in [0.25, 0.3) is 0 Å². The molecule has 0 saturated carbocycles. The highest BCUT2D eigenvalue weighted by Gasteiger charge is 1.98. The fraction of sp³-hybridized carbons (Fsp3) is 0.182. The Labute approximate surface area is 94.0 Å². The Bertz CT molecular complexity index is 467. The van der Waals surface area contributed by atoms with Crippen molar-refractivity contribution in [2.75, 3.05) is 18.0 Å². The molecule has 1 aromatic carbocycles. The van der Waals surface area contributed by atoms with Crippen molar-refractivity contribution in [1.82, 2.24) is 9.55 Å². The summed E-state index contributed by atoms with van der Waals surface area (Å²) in [6, 6.07) is 7.65. The van der Waals surface area contributed by atoms with Gasteiger partial charge >= 0.3 is 0 Å². The molecule has 2 rings (SSSR count). The van der Waals surface area contributed by atoms with Gasteiger partial charge in [-0.2, -0.15) is 0 Å². The van der Waals surface area contributed by atoms with E-state index in [1.54, 1.807) is 13.3 Å². The zero-order chi connectivity index (χ0) is 11.4. The van der Waals surface area contributed by atoms with E-state index in [2.05, 4.69) is 15.8 Å². The van der Waals surface area contributed by atoms with Crippen LogP contribution in [0.1, 0.15) is 0 Å². The Morgan fingerprint density at radius 1 is 1.31 bits per heavy atom. The summed E-state index contributed by atoms with van der Waals surface area (Å²) >= 11 is 0. The standard InChI is InChI=1S/C11H14N4O/c1-15-7-6-12-11(15)14-13-9-4-3-5-10(8-9)16-2/h3-8,13H,1-2H3,(H,12,14). The van der Waals surface area contributed by atoms with Crippen molar-refractivity contribution in [3.8, 4) is 5.75 Å². The number of benzene rings is 1. The fourth-order valence-corrected chi connectivity index (χ4v) is 1.31. The van der Waals surface area contributed by atoms with Gasteiger partial charge in [-0.05, 0) is 12.1 Å². The predicted molar refractivity (Wildman–Crippen MR) is 63.4 cm³/mol. The van der Waals surface area contributed by atoms with E-state index in [4.69, 9.17) is 4.74 Å². The minimum absolute atomic E-state index is 0.753. The van der Waals surface area contributed by atoms with E-state index in [1.807, 2.05) is 42.1 Å². The molecule has 1 heterocycles. The van der Waals surface area contributed by atoms with Gasteiger partial charge in [-0.3, -0.25) is 10.9 Å². The Morgan fingerprint density at radius 3 is 2.88 bits per heavy atom. The van der Waals surface area contributed by atoms with Gasteiger partial charge in [0.1, 0.15) is 5.75 Å². The van der Waals surface area contributed by atoms with Crippen LogP contribution in [-0.2, 0) is 7.05 Å². The number of ether oxygens (including phenoxy) is 1. The molecule has 5 heteroatoms. The topological polar surface area (TPSA) is 51.1 Å². The van der Waals surface area contributed by atoms with Crippen LogP contribution in [0.25, 0.3) is 0 Å². The molecule has 0 unspecified atom stereocenters. The van der Waals surface area contributed by atoms with Crippen LogP contribution < -0.4 is 15.6 Å². The van der Waals surface area contributed by atoms with Gasteiger partial charge in [0.2, 0.25) is 5.95 Å². The summed E-state index contributed by atoms with van der Waals surface area (Å²) in [5, 5.41) is 0. The lowest BCUT2D eigenvalue weighted by Gasteiger charge is -2.09. The first-order valence-electron chi connectivity index (χ1n) is 4.93. The maximum absolute atomic E-state index is 5.13. The lowest BCUT2D eigenvalue weighted by atomic mass is 10.3. The molecule has 5 nitrogen and oxygen atoms in total. The number of hydrogen-bond donors (Lipinski definition) is 2. The first kappa shape index (κ1) is 10.4. The molecule has 16 heavy (non-hydrogen) atoms. The number of anilines is 2. The van der Waals surface area contributed by atoms with Gasteiger partial charge < -0.3 is 9.30 Å². The van der Waals surface area contributed by atoms with Crippen LogP contribution in [0.4, 0.5) is 11.6 Å². The minimum Gasteiger partial charge on any atom is -0.497 e. The molecule has 0 atom stereocenters. The number of aromatic nitrogens is 2. The average molecular weight is 218 g/mol. The van der Waals surface area contributed by atoms with E-state index >= 15 is 0 Å². The number of aryl methyl sites for hydroxylation is 1. The van der Waals surface area contributed by atoms with Crippen molar-refractivity contribution < 1.29 is 4.74 Å². The Hall–Kier alpha value is -2.17. The maximum Gasteiger partial charge on any atom is 0.221 e. The summed E-state index contributed by atoms with van der Waals surface area (Å²) in [5.74, 6) is 1.56. The number of nitrogens with zero attached hydrogens (tertiary/aromatic N) is 2. The molecule has 0 saturated heterocycles. The van der Waals surface area contributed by atoms with Gasteiger partial charge in [-0.25, -0.2) is 4.98 Å². The van der Waals surface area contributed by atoms with Gasteiger partial charge in [-0.15, -0.1) is 0 Å². The quantitative estimate of drug-likeness (QED) is 0.769. The van der Waals surface area contributed by atoms with E-state index in [1.165, 1.54) is 0 Å². The second-order valence-corrected chi connectivity index (χ2v) is 3.34. The zero-order valence-electron chi connectivity index (χ0n) is 9.27. The molecule has 0 amide bonds. The summed E-state index contributed by atoms with van der Waals surface area (Å²) in [5.41, 5.74) is 6.97. The second-order valence-electron chi connectivity index (χ2n) is 3.34. The van der Waals surface area contributed by atoms with E-state index in [-0.39, 0.29) is 0 Å². The highest BCUT2D eigenvalue weighted by Crippen LogP contribution is 2.16. The van der Waals surface area contributed by atoms with Crippen molar-refractivity contribution in [3.05, 3.63) is 36.7 Å².